The second-order valence-corrected chi connectivity index (χ2v) is 20.9. The van der Waals surface area contributed by atoms with Crippen molar-refractivity contribution in [2.75, 3.05) is 0 Å². The van der Waals surface area contributed by atoms with Gasteiger partial charge in [0.15, 0.2) is 0 Å². The van der Waals surface area contributed by atoms with Crippen LogP contribution in [0.5, 0.6) is 0 Å². The normalized spacial score (nSPS) is 18.4. The molecule has 0 amide bonds. The lowest BCUT2D eigenvalue weighted by atomic mass is 9.83. The van der Waals surface area contributed by atoms with Gasteiger partial charge in [0.2, 0.25) is 0 Å². The highest BCUT2D eigenvalue weighted by atomic mass is 28.3. The van der Waals surface area contributed by atoms with E-state index in [9.17, 15) is 0 Å². The fraction of sp³-hybridized carbons (Fsp3) is 0.400. The Labute approximate surface area is 310 Å². The molecule has 4 aromatic rings. The zero-order valence-corrected chi connectivity index (χ0v) is 32.8. The van der Waals surface area contributed by atoms with Crippen LogP contribution in [-0.4, -0.2) is 8.07 Å². The van der Waals surface area contributed by atoms with E-state index in [4.69, 9.17) is 0 Å². The smallest absolute Gasteiger partial charge is 0.0651 e. The average molecular weight is 687 g/mol. The summed E-state index contributed by atoms with van der Waals surface area (Å²) in [7, 11) is -2.25. The summed E-state index contributed by atoms with van der Waals surface area (Å²) in [5.41, 5.74) is 17.7. The van der Waals surface area contributed by atoms with Crippen molar-refractivity contribution >= 4 is 18.5 Å². The van der Waals surface area contributed by atoms with E-state index in [1.165, 1.54) is 122 Å². The number of hydrogen-bond donors (Lipinski definition) is 0. The predicted octanol–water partition coefficient (Wildman–Crippen LogP) is 14.8. The molecule has 8 rings (SSSR count). The summed E-state index contributed by atoms with van der Waals surface area (Å²) in [6.45, 7) is 10.1. The number of hydrogen-bond acceptors (Lipinski definition) is 0. The second-order valence-electron chi connectivity index (χ2n) is 16.7. The van der Waals surface area contributed by atoms with E-state index < -0.39 is 8.07 Å². The average Bonchev–Trinajstić information content (AvgIpc) is 3.75. The van der Waals surface area contributed by atoms with Crippen molar-refractivity contribution in [1.82, 2.24) is 0 Å². The van der Waals surface area contributed by atoms with Crippen molar-refractivity contribution in [3.8, 4) is 22.3 Å². The van der Waals surface area contributed by atoms with Crippen LogP contribution < -0.4 is 0 Å². The minimum absolute atomic E-state index is 0.737. The van der Waals surface area contributed by atoms with E-state index in [0.29, 0.717) is 0 Å². The third kappa shape index (κ3) is 6.58. The molecule has 4 aliphatic carbocycles. The molecule has 0 spiro atoms. The zero-order chi connectivity index (χ0) is 35.0. The Bertz CT molecular complexity index is 1780. The second kappa shape index (κ2) is 14.9. The molecule has 0 saturated heterocycles. The first-order valence-electron chi connectivity index (χ1n) is 20.6. The third-order valence-corrected chi connectivity index (χ3v) is 16.5. The maximum absolute atomic E-state index is 2.68. The molecule has 0 heterocycles. The van der Waals surface area contributed by atoms with Crippen LogP contribution in [0, 0.1) is 12.8 Å². The van der Waals surface area contributed by atoms with Crippen molar-refractivity contribution in [3.63, 3.8) is 0 Å². The van der Waals surface area contributed by atoms with Gasteiger partial charge in [0.05, 0.1) is 0 Å². The van der Waals surface area contributed by atoms with Crippen molar-refractivity contribution in [2.45, 2.75) is 129 Å². The Hall–Kier alpha value is -3.42. The number of allylic oxidation sites excluding steroid dienone is 2. The van der Waals surface area contributed by atoms with Crippen LogP contribution in [0.15, 0.2) is 96.1 Å². The first-order chi connectivity index (χ1) is 25.0. The molecule has 262 valence electrons. The van der Waals surface area contributed by atoms with Gasteiger partial charge in [-0.3, -0.25) is 0 Å². The Morgan fingerprint density at radius 2 is 0.882 bits per heavy atom. The minimum Gasteiger partial charge on any atom is -0.0651 e. The molecule has 0 nitrogen and oxygen atoms in total. The summed E-state index contributed by atoms with van der Waals surface area (Å²) in [6.07, 6.45) is 23.5. The molecule has 0 N–H and O–H groups in total. The van der Waals surface area contributed by atoms with Gasteiger partial charge in [-0.05, 0) is 116 Å². The molecule has 2 fully saturated rings. The predicted molar refractivity (Wildman–Crippen MR) is 223 cm³/mol. The molecule has 0 aliphatic heterocycles. The maximum atomic E-state index is 2.68. The van der Waals surface area contributed by atoms with Gasteiger partial charge in [0, 0.05) is 12.8 Å². The molecular formula is C50H58Si. The Kier molecular flexibility index (Phi) is 10.1. The molecular weight excluding hydrogens is 629 g/mol. The summed E-state index contributed by atoms with van der Waals surface area (Å²) < 4.78 is 0. The van der Waals surface area contributed by atoms with Crippen molar-refractivity contribution < 1.29 is 0 Å². The summed E-state index contributed by atoms with van der Waals surface area (Å²) in [5.74, 6) is 1.47. The number of fused-ring (bicyclic) bond motifs is 2. The monoisotopic (exact) mass is 686 g/mol. The fourth-order valence-corrected chi connectivity index (χ4v) is 14.5. The molecule has 0 bridgehead atoms. The van der Waals surface area contributed by atoms with Crippen LogP contribution in [0.3, 0.4) is 0 Å². The highest BCUT2D eigenvalue weighted by Crippen LogP contribution is 2.54. The molecule has 0 unspecified atom stereocenters. The SMILES string of the molecule is CCCC1=C([Si](C)(C)C2=C(CCC)[CH]c3cccc(-c4ccc(C5CCCCC5)cc4)c32)c2c(cccc2-c2ccc(C3CCCCC3)cc2)[CH]1. The summed E-state index contributed by atoms with van der Waals surface area (Å²) >= 11 is 0. The number of rotatable bonds is 10. The summed E-state index contributed by atoms with van der Waals surface area (Å²) in [6, 6.07) is 33.8. The quantitative estimate of drug-likeness (QED) is 0.146. The molecule has 0 aromatic heterocycles. The molecule has 4 aliphatic rings. The van der Waals surface area contributed by atoms with Gasteiger partial charge in [0.1, 0.15) is 8.07 Å². The van der Waals surface area contributed by atoms with E-state index in [1.54, 1.807) is 32.7 Å². The van der Waals surface area contributed by atoms with Crippen molar-refractivity contribution in [2.24, 2.45) is 0 Å². The summed E-state index contributed by atoms with van der Waals surface area (Å²) in [4.78, 5) is 0. The molecule has 2 saturated carbocycles. The fourth-order valence-electron chi connectivity index (χ4n) is 10.5. The van der Waals surface area contributed by atoms with Crippen LogP contribution in [0.25, 0.3) is 32.6 Å². The molecule has 51 heavy (non-hydrogen) atoms. The first kappa shape index (κ1) is 34.7. The van der Waals surface area contributed by atoms with E-state index in [2.05, 4.69) is 125 Å². The van der Waals surface area contributed by atoms with E-state index >= 15 is 0 Å². The Balaban J connectivity index is 1.23. The van der Waals surface area contributed by atoms with Crippen LogP contribution in [-0.2, 0) is 0 Å². The van der Waals surface area contributed by atoms with Crippen LogP contribution >= 0.6 is 0 Å². The highest BCUT2D eigenvalue weighted by Gasteiger charge is 2.43. The lowest BCUT2D eigenvalue weighted by Gasteiger charge is -2.33. The highest BCUT2D eigenvalue weighted by molar-refractivity contribution is 7.09. The van der Waals surface area contributed by atoms with Crippen molar-refractivity contribution in [3.05, 3.63) is 142 Å². The minimum atomic E-state index is -2.25. The van der Waals surface area contributed by atoms with E-state index in [-0.39, 0.29) is 0 Å². The van der Waals surface area contributed by atoms with Gasteiger partial charge in [0.25, 0.3) is 0 Å². The van der Waals surface area contributed by atoms with Gasteiger partial charge in [-0.15, -0.1) is 0 Å². The van der Waals surface area contributed by atoms with Gasteiger partial charge in [-0.25, -0.2) is 0 Å². The van der Waals surface area contributed by atoms with Gasteiger partial charge < -0.3 is 0 Å². The van der Waals surface area contributed by atoms with Gasteiger partial charge >= 0.3 is 0 Å². The number of benzene rings is 4. The zero-order valence-electron chi connectivity index (χ0n) is 31.8. The maximum Gasteiger partial charge on any atom is 0.113 e. The van der Waals surface area contributed by atoms with E-state index in [0.717, 1.165) is 24.7 Å². The largest absolute Gasteiger partial charge is 0.113 e. The molecule has 1 heteroatoms. The summed E-state index contributed by atoms with van der Waals surface area (Å²) in [5, 5.41) is 3.36. The molecule has 4 aromatic carbocycles. The van der Waals surface area contributed by atoms with Crippen LogP contribution in [0.1, 0.15) is 149 Å². The lowest BCUT2D eigenvalue weighted by Crippen LogP contribution is -2.32. The Morgan fingerprint density at radius 1 is 0.490 bits per heavy atom. The first-order valence-corrected chi connectivity index (χ1v) is 23.6. The third-order valence-electron chi connectivity index (χ3n) is 12.9. The van der Waals surface area contributed by atoms with Crippen LogP contribution in [0.4, 0.5) is 0 Å². The standard InChI is InChI=1S/C50H58Si/c1-5-15-43-33-41-21-13-23-45(39-29-25-37(26-30-39)35-17-9-7-10-18-35)47(41)49(43)51(3,4)50-44(16-6-2)34-42-22-14-24-46(48(42)50)40-31-27-38(28-32-40)36-19-11-8-12-20-36/h13-14,21-36H,5-12,15-20H2,1-4H3. The van der Waals surface area contributed by atoms with E-state index in [1.807, 2.05) is 0 Å². The molecule has 2 radical (unpaired) electrons. The van der Waals surface area contributed by atoms with Crippen molar-refractivity contribution in [1.29, 1.82) is 0 Å². The topological polar surface area (TPSA) is 0 Å². The van der Waals surface area contributed by atoms with Crippen LogP contribution in [0.2, 0.25) is 13.1 Å². The Morgan fingerprint density at radius 3 is 1.25 bits per heavy atom. The molecule has 0 atom stereocenters. The van der Waals surface area contributed by atoms with Gasteiger partial charge in [-0.1, -0.05) is 174 Å². The lowest BCUT2D eigenvalue weighted by molar-refractivity contribution is 0.443. The van der Waals surface area contributed by atoms with Gasteiger partial charge in [-0.2, -0.15) is 0 Å².